The molecule has 2 aliphatic rings. The molecule has 2 aliphatic heterocycles. The van der Waals surface area contributed by atoms with E-state index < -0.39 is 0 Å². The van der Waals surface area contributed by atoms with Crippen molar-refractivity contribution in [3.63, 3.8) is 0 Å². The Morgan fingerprint density at radius 2 is 1.62 bits per heavy atom. The lowest BCUT2D eigenvalue weighted by Gasteiger charge is -2.43. The van der Waals surface area contributed by atoms with Crippen LogP contribution in [0.15, 0.2) is 12.4 Å². The quantitative estimate of drug-likeness (QED) is 0.630. The molecule has 0 radical (unpaired) electrons. The van der Waals surface area contributed by atoms with Gasteiger partial charge < -0.3 is 14.5 Å². The van der Waals surface area contributed by atoms with Crippen molar-refractivity contribution in [3.05, 3.63) is 18.2 Å². The van der Waals surface area contributed by atoms with Gasteiger partial charge in [0.15, 0.2) is 0 Å². The van der Waals surface area contributed by atoms with Gasteiger partial charge in [-0.2, -0.15) is 0 Å². The summed E-state index contributed by atoms with van der Waals surface area (Å²) in [6.07, 6.45) is 9.19. The van der Waals surface area contributed by atoms with E-state index in [0.29, 0.717) is 12.0 Å². The average molecular weight is 404 g/mol. The third-order valence-corrected chi connectivity index (χ3v) is 6.85. The Morgan fingerprint density at radius 3 is 2.21 bits per heavy atom. The summed E-state index contributed by atoms with van der Waals surface area (Å²) in [7, 11) is 0. The Bertz CT molecular complexity index is 579. The van der Waals surface area contributed by atoms with E-state index in [9.17, 15) is 0 Å². The van der Waals surface area contributed by atoms with Crippen molar-refractivity contribution in [3.8, 4) is 0 Å². The van der Waals surface area contributed by atoms with Gasteiger partial charge in [0.2, 0.25) is 0 Å². The molecule has 6 heteroatoms. The lowest BCUT2D eigenvalue weighted by Crippen LogP contribution is -2.53. The second kappa shape index (κ2) is 11.2. The first-order valence-corrected chi connectivity index (χ1v) is 11.8. The Kier molecular flexibility index (Phi) is 8.69. The number of anilines is 1. The van der Waals surface area contributed by atoms with Crippen molar-refractivity contribution in [1.82, 2.24) is 19.8 Å². The van der Waals surface area contributed by atoms with Crippen LogP contribution in [0.5, 0.6) is 0 Å². The number of likely N-dealkylation sites (tertiary alicyclic amines) is 1. The standard InChI is InChI=1S/C23H41N5O/c1-5-19(3)23-24-17-22(18-25-23)28-13-11-27(12-14-28)21-7-9-26(10-8-21)15-16-29-20(4)6-2/h17-21H,5-16H2,1-4H3. The molecule has 1 aromatic rings. The van der Waals surface area contributed by atoms with E-state index in [-0.39, 0.29) is 0 Å². The fourth-order valence-corrected chi connectivity index (χ4v) is 4.29. The molecule has 0 spiro atoms. The number of hydrogen-bond acceptors (Lipinski definition) is 6. The van der Waals surface area contributed by atoms with Crippen LogP contribution in [-0.2, 0) is 4.74 Å². The maximum absolute atomic E-state index is 5.85. The molecule has 29 heavy (non-hydrogen) atoms. The molecule has 0 aromatic carbocycles. The van der Waals surface area contributed by atoms with Gasteiger partial charge in [-0.25, -0.2) is 9.97 Å². The molecule has 164 valence electrons. The Labute approximate surface area is 177 Å². The summed E-state index contributed by atoms with van der Waals surface area (Å²) in [4.78, 5) is 16.9. The normalized spacial score (nSPS) is 22.0. The van der Waals surface area contributed by atoms with Crippen LogP contribution >= 0.6 is 0 Å². The van der Waals surface area contributed by atoms with Crippen molar-refractivity contribution in [1.29, 1.82) is 0 Å². The molecule has 0 saturated carbocycles. The smallest absolute Gasteiger partial charge is 0.131 e. The van der Waals surface area contributed by atoms with Gasteiger partial charge in [-0.15, -0.1) is 0 Å². The van der Waals surface area contributed by atoms with E-state index in [1.54, 1.807) is 0 Å². The highest BCUT2D eigenvalue weighted by molar-refractivity contribution is 5.42. The topological polar surface area (TPSA) is 44.7 Å². The molecule has 0 N–H and O–H groups in total. The van der Waals surface area contributed by atoms with Crippen molar-refractivity contribution < 1.29 is 4.74 Å². The number of nitrogens with zero attached hydrogens (tertiary/aromatic N) is 5. The van der Waals surface area contributed by atoms with Gasteiger partial charge in [-0.05, 0) is 45.7 Å². The number of piperazine rings is 1. The monoisotopic (exact) mass is 403 g/mol. The molecular formula is C23H41N5O. The molecule has 0 bridgehead atoms. The summed E-state index contributed by atoms with van der Waals surface area (Å²) >= 11 is 0. The molecule has 2 saturated heterocycles. The molecule has 2 atom stereocenters. The first-order chi connectivity index (χ1) is 14.1. The van der Waals surface area contributed by atoms with Gasteiger partial charge in [0, 0.05) is 44.7 Å². The molecule has 6 nitrogen and oxygen atoms in total. The van der Waals surface area contributed by atoms with Crippen LogP contribution in [0.1, 0.15) is 65.1 Å². The fourth-order valence-electron chi connectivity index (χ4n) is 4.29. The fraction of sp³-hybridized carbons (Fsp3) is 0.826. The number of hydrogen-bond donors (Lipinski definition) is 0. The summed E-state index contributed by atoms with van der Waals surface area (Å²) in [5.74, 6) is 1.41. The lowest BCUT2D eigenvalue weighted by molar-refractivity contribution is 0.0334. The summed E-state index contributed by atoms with van der Waals surface area (Å²) < 4.78 is 5.85. The number of piperidine rings is 1. The van der Waals surface area contributed by atoms with Crippen LogP contribution < -0.4 is 4.90 Å². The molecule has 1 aromatic heterocycles. The van der Waals surface area contributed by atoms with Crippen molar-refractivity contribution in [2.45, 2.75) is 71.4 Å². The van der Waals surface area contributed by atoms with Gasteiger partial charge >= 0.3 is 0 Å². The highest BCUT2D eigenvalue weighted by Crippen LogP contribution is 2.22. The van der Waals surface area contributed by atoms with Crippen molar-refractivity contribution >= 4 is 5.69 Å². The Morgan fingerprint density at radius 1 is 0.966 bits per heavy atom. The zero-order valence-electron chi connectivity index (χ0n) is 19.0. The van der Waals surface area contributed by atoms with E-state index in [2.05, 4.69) is 52.4 Å². The number of aromatic nitrogens is 2. The van der Waals surface area contributed by atoms with Crippen LogP contribution in [0.4, 0.5) is 5.69 Å². The summed E-state index contributed by atoms with van der Waals surface area (Å²) in [6, 6.07) is 0.743. The Hall–Kier alpha value is -1.24. The summed E-state index contributed by atoms with van der Waals surface area (Å²) in [5.41, 5.74) is 1.17. The van der Waals surface area contributed by atoms with Gasteiger partial charge in [-0.1, -0.05) is 20.8 Å². The molecule has 3 rings (SSSR count). The number of ether oxygens (including phenoxy) is 1. The first-order valence-electron chi connectivity index (χ1n) is 11.8. The van der Waals surface area contributed by atoms with Crippen LogP contribution in [0.2, 0.25) is 0 Å². The largest absolute Gasteiger partial charge is 0.377 e. The molecular weight excluding hydrogens is 362 g/mol. The van der Waals surface area contributed by atoms with E-state index >= 15 is 0 Å². The second-order valence-corrected chi connectivity index (χ2v) is 8.79. The van der Waals surface area contributed by atoms with Crippen LogP contribution in [0.25, 0.3) is 0 Å². The SMILES string of the molecule is CCC(C)OCCN1CCC(N2CCN(c3cnc(C(C)CC)nc3)CC2)CC1. The third kappa shape index (κ3) is 6.37. The molecule has 2 fully saturated rings. The van der Waals surface area contributed by atoms with Gasteiger partial charge in [-0.3, -0.25) is 4.90 Å². The zero-order valence-corrected chi connectivity index (χ0v) is 19.0. The van der Waals surface area contributed by atoms with Gasteiger partial charge in [0.1, 0.15) is 5.82 Å². The van der Waals surface area contributed by atoms with E-state index in [1.165, 1.54) is 31.6 Å². The van der Waals surface area contributed by atoms with E-state index in [4.69, 9.17) is 4.74 Å². The van der Waals surface area contributed by atoms with Gasteiger partial charge in [0.05, 0.1) is 30.8 Å². The average Bonchev–Trinajstić information content (AvgIpc) is 2.79. The van der Waals surface area contributed by atoms with Gasteiger partial charge in [0.25, 0.3) is 0 Å². The summed E-state index contributed by atoms with van der Waals surface area (Å²) in [6.45, 7) is 17.5. The lowest BCUT2D eigenvalue weighted by atomic mass is 10.0. The highest BCUT2D eigenvalue weighted by atomic mass is 16.5. The van der Waals surface area contributed by atoms with Crippen molar-refractivity contribution in [2.24, 2.45) is 0 Å². The maximum atomic E-state index is 5.85. The minimum atomic E-state index is 0.389. The molecule has 2 unspecified atom stereocenters. The minimum absolute atomic E-state index is 0.389. The zero-order chi connectivity index (χ0) is 20.6. The third-order valence-electron chi connectivity index (χ3n) is 6.85. The van der Waals surface area contributed by atoms with E-state index in [0.717, 1.165) is 64.0 Å². The van der Waals surface area contributed by atoms with Crippen LogP contribution in [0.3, 0.4) is 0 Å². The molecule has 3 heterocycles. The predicted octanol–water partition coefficient (Wildman–Crippen LogP) is 3.39. The van der Waals surface area contributed by atoms with Crippen molar-refractivity contribution in [2.75, 3.05) is 57.3 Å². The van der Waals surface area contributed by atoms with Crippen LogP contribution in [-0.4, -0.2) is 84.3 Å². The minimum Gasteiger partial charge on any atom is -0.377 e. The maximum Gasteiger partial charge on any atom is 0.131 e. The number of rotatable bonds is 9. The Balaban J connectivity index is 1.38. The van der Waals surface area contributed by atoms with Crippen LogP contribution in [0, 0.1) is 0 Å². The predicted molar refractivity (Wildman–Crippen MR) is 120 cm³/mol. The molecule has 0 amide bonds. The summed E-state index contributed by atoms with van der Waals surface area (Å²) in [5, 5.41) is 0. The highest BCUT2D eigenvalue weighted by Gasteiger charge is 2.27. The molecule has 0 aliphatic carbocycles. The second-order valence-electron chi connectivity index (χ2n) is 8.79. The first kappa shape index (κ1) is 22.4. The van der Waals surface area contributed by atoms with E-state index in [1.807, 2.05) is 12.4 Å².